The van der Waals surface area contributed by atoms with Crippen LogP contribution in [0.1, 0.15) is 44.2 Å². The number of aliphatic carboxylic acids is 1. The number of carbonyl (C=O) groups is 1. The number of carboxylic acids is 1. The molecule has 0 spiro atoms. The predicted octanol–water partition coefficient (Wildman–Crippen LogP) is 3.08. The van der Waals surface area contributed by atoms with Crippen LogP contribution in [0.15, 0.2) is 30.3 Å². The van der Waals surface area contributed by atoms with Crippen LogP contribution in [0.3, 0.4) is 0 Å². The molecule has 0 bridgehead atoms. The molecule has 3 heteroatoms. The molecule has 1 aliphatic carbocycles. The zero-order valence-corrected chi connectivity index (χ0v) is 10.9. The Bertz CT molecular complexity index is 385. The Kier molecular flexibility index (Phi) is 4.37. The molecule has 1 fully saturated rings. The van der Waals surface area contributed by atoms with Crippen molar-refractivity contribution in [1.82, 2.24) is 4.90 Å². The average molecular weight is 247 g/mol. The van der Waals surface area contributed by atoms with Gasteiger partial charge in [0, 0.05) is 6.04 Å². The second kappa shape index (κ2) is 6.01. The Morgan fingerprint density at radius 1 is 1.33 bits per heavy atom. The van der Waals surface area contributed by atoms with Gasteiger partial charge < -0.3 is 5.11 Å². The van der Waals surface area contributed by atoms with Gasteiger partial charge in [0.25, 0.3) is 0 Å². The molecule has 1 N–H and O–H groups in total. The normalized spacial score (nSPS) is 18.1. The minimum Gasteiger partial charge on any atom is -0.480 e. The fraction of sp³-hybridized carbons (Fsp3) is 0.533. The highest BCUT2D eigenvalue weighted by Crippen LogP contribution is 2.31. The van der Waals surface area contributed by atoms with Crippen LogP contribution >= 0.6 is 0 Å². The van der Waals surface area contributed by atoms with Gasteiger partial charge in [0.1, 0.15) is 6.04 Å². The lowest BCUT2D eigenvalue weighted by molar-refractivity contribution is -0.144. The van der Waals surface area contributed by atoms with Crippen molar-refractivity contribution < 1.29 is 9.90 Å². The van der Waals surface area contributed by atoms with E-state index in [0.717, 1.165) is 24.9 Å². The van der Waals surface area contributed by atoms with E-state index in [2.05, 4.69) is 11.8 Å². The molecule has 1 aliphatic rings. The smallest absolute Gasteiger partial charge is 0.325 e. The summed E-state index contributed by atoms with van der Waals surface area (Å²) in [6.45, 7) is 2.84. The summed E-state index contributed by atoms with van der Waals surface area (Å²) in [5.74, 6) is -0.741. The Labute approximate surface area is 108 Å². The zero-order chi connectivity index (χ0) is 13.0. The number of benzene rings is 1. The van der Waals surface area contributed by atoms with Gasteiger partial charge in [-0.15, -0.1) is 0 Å². The zero-order valence-electron chi connectivity index (χ0n) is 10.9. The Balaban J connectivity index is 2.25. The van der Waals surface area contributed by atoms with E-state index in [1.165, 1.54) is 12.8 Å². The summed E-state index contributed by atoms with van der Waals surface area (Å²) in [6, 6.07) is 9.50. The molecule has 2 rings (SSSR count). The molecular weight excluding hydrogens is 226 g/mol. The van der Waals surface area contributed by atoms with Crippen molar-refractivity contribution in [2.45, 2.75) is 44.7 Å². The van der Waals surface area contributed by atoms with E-state index >= 15 is 0 Å². The summed E-state index contributed by atoms with van der Waals surface area (Å²) < 4.78 is 0. The third kappa shape index (κ3) is 2.72. The fourth-order valence-electron chi connectivity index (χ4n) is 3.00. The Hall–Kier alpha value is -1.35. The molecule has 1 aromatic rings. The third-order valence-corrected chi connectivity index (χ3v) is 3.84. The minimum absolute atomic E-state index is 0.427. The highest BCUT2D eigenvalue weighted by atomic mass is 16.4. The molecule has 3 nitrogen and oxygen atoms in total. The van der Waals surface area contributed by atoms with Gasteiger partial charge in [-0.05, 0) is 24.9 Å². The maximum Gasteiger partial charge on any atom is 0.325 e. The second-order valence-electron chi connectivity index (χ2n) is 4.92. The fourth-order valence-corrected chi connectivity index (χ4v) is 3.00. The predicted molar refractivity (Wildman–Crippen MR) is 71.5 cm³/mol. The van der Waals surface area contributed by atoms with Gasteiger partial charge in [0.2, 0.25) is 0 Å². The lowest BCUT2D eigenvalue weighted by atomic mass is 10.0. The van der Waals surface area contributed by atoms with Crippen molar-refractivity contribution in [2.75, 3.05) is 6.54 Å². The van der Waals surface area contributed by atoms with Gasteiger partial charge in [0.15, 0.2) is 0 Å². The summed E-state index contributed by atoms with van der Waals surface area (Å²) in [5, 5.41) is 9.55. The lowest BCUT2D eigenvalue weighted by Gasteiger charge is -2.33. The Morgan fingerprint density at radius 3 is 2.44 bits per heavy atom. The molecule has 0 aliphatic heterocycles. The van der Waals surface area contributed by atoms with E-state index in [1.54, 1.807) is 0 Å². The van der Waals surface area contributed by atoms with Gasteiger partial charge in [-0.2, -0.15) is 0 Å². The molecule has 1 unspecified atom stereocenters. The number of nitrogens with zero attached hydrogens (tertiary/aromatic N) is 1. The molecule has 0 heterocycles. The summed E-state index contributed by atoms with van der Waals surface area (Å²) >= 11 is 0. The SMILES string of the molecule is CCN(C1CCCC1)C(C(=O)O)c1ccccc1. The van der Waals surface area contributed by atoms with Gasteiger partial charge in [0.05, 0.1) is 0 Å². The first-order chi connectivity index (χ1) is 8.74. The van der Waals surface area contributed by atoms with E-state index in [9.17, 15) is 9.90 Å². The van der Waals surface area contributed by atoms with E-state index in [0.29, 0.717) is 6.04 Å². The van der Waals surface area contributed by atoms with Crippen LogP contribution in [0, 0.1) is 0 Å². The summed E-state index contributed by atoms with van der Waals surface area (Å²) in [7, 11) is 0. The highest BCUT2D eigenvalue weighted by molar-refractivity contribution is 5.75. The number of hydrogen-bond acceptors (Lipinski definition) is 2. The van der Waals surface area contributed by atoms with Crippen LogP contribution in [-0.2, 0) is 4.79 Å². The van der Waals surface area contributed by atoms with E-state index in [1.807, 2.05) is 30.3 Å². The van der Waals surface area contributed by atoms with Crippen molar-refractivity contribution in [2.24, 2.45) is 0 Å². The molecule has 18 heavy (non-hydrogen) atoms. The molecule has 98 valence electrons. The molecule has 1 aromatic carbocycles. The number of likely N-dealkylation sites (N-methyl/N-ethyl adjacent to an activating group) is 1. The topological polar surface area (TPSA) is 40.5 Å². The molecule has 1 atom stereocenters. The molecule has 0 radical (unpaired) electrons. The molecule has 0 aromatic heterocycles. The van der Waals surface area contributed by atoms with E-state index < -0.39 is 12.0 Å². The summed E-state index contributed by atoms with van der Waals surface area (Å²) in [6.07, 6.45) is 4.71. The first-order valence-electron chi connectivity index (χ1n) is 6.77. The number of rotatable bonds is 5. The van der Waals surface area contributed by atoms with Crippen LogP contribution in [0.25, 0.3) is 0 Å². The van der Waals surface area contributed by atoms with Crippen molar-refractivity contribution in [3.8, 4) is 0 Å². The Morgan fingerprint density at radius 2 is 1.94 bits per heavy atom. The van der Waals surface area contributed by atoms with Crippen LogP contribution in [0.5, 0.6) is 0 Å². The molecule has 1 saturated carbocycles. The highest BCUT2D eigenvalue weighted by Gasteiger charge is 2.32. The van der Waals surface area contributed by atoms with Crippen LogP contribution in [0.2, 0.25) is 0 Å². The molecule has 0 saturated heterocycles. The van der Waals surface area contributed by atoms with Crippen LogP contribution in [-0.4, -0.2) is 28.6 Å². The van der Waals surface area contributed by atoms with Crippen molar-refractivity contribution in [3.05, 3.63) is 35.9 Å². The quantitative estimate of drug-likeness (QED) is 0.869. The van der Waals surface area contributed by atoms with Gasteiger partial charge in [-0.1, -0.05) is 50.1 Å². The van der Waals surface area contributed by atoms with Crippen LogP contribution in [0.4, 0.5) is 0 Å². The molecular formula is C15H21NO2. The first kappa shape index (κ1) is 13.1. The van der Waals surface area contributed by atoms with Gasteiger partial charge in [-0.3, -0.25) is 9.69 Å². The van der Waals surface area contributed by atoms with Crippen molar-refractivity contribution in [1.29, 1.82) is 0 Å². The van der Waals surface area contributed by atoms with Gasteiger partial charge in [-0.25, -0.2) is 0 Å². The second-order valence-corrected chi connectivity index (χ2v) is 4.92. The van der Waals surface area contributed by atoms with Crippen LogP contribution < -0.4 is 0 Å². The number of carboxylic acid groups (broad SMARTS) is 1. The van der Waals surface area contributed by atoms with E-state index in [-0.39, 0.29) is 0 Å². The van der Waals surface area contributed by atoms with Crippen molar-refractivity contribution >= 4 is 5.97 Å². The summed E-state index contributed by atoms with van der Waals surface area (Å²) in [4.78, 5) is 13.8. The average Bonchev–Trinajstić information content (AvgIpc) is 2.90. The van der Waals surface area contributed by atoms with E-state index in [4.69, 9.17) is 0 Å². The minimum atomic E-state index is -0.741. The first-order valence-corrected chi connectivity index (χ1v) is 6.77. The maximum absolute atomic E-state index is 11.6. The standard InChI is InChI=1S/C15H21NO2/c1-2-16(13-10-6-7-11-13)14(15(17)18)12-8-4-3-5-9-12/h3-5,8-9,13-14H,2,6-7,10-11H2,1H3,(H,17,18). The molecule has 0 amide bonds. The number of hydrogen-bond donors (Lipinski definition) is 1. The third-order valence-electron chi connectivity index (χ3n) is 3.84. The monoisotopic (exact) mass is 247 g/mol. The summed E-state index contributed by atoms with van der Waals surface area (Å²) in [5.41, 5.74) is 0.888. The lowest BCUT2D eigenvalue weighted by Crippen LogP contribution is -2.40. The van der Waals surface area contributed by atoms with Gasteiger partial charge >= 0.3 is 5.97 Å². The van der Waals surface area contributed by atoms with Crippen molar-refractivity contribution in [3.63, 3.8) is 0 Å². The largest absolute Gasteiger partial charge is 0.480 e. The maximum atomic E-state index is 11.6.